The quantitative estimate of drug-likeness (QED) is 0.670. The molecule has 1 amide bonds. The van der Waals surface area contributed by atoms with Crippen molar-refractivity contribution in [2.45, 2.75) is 26.2 Å². The van der Waals surface area contributed by atoms with E-state index in [1.54, 1.807) is 12.1 Å². The first kappa shape index (κ1) is 21.3. The first-order chi connectivity index (χ1) is 13.4. The summed E-state index contributed by atoms with van der Waals surface area (Å²) in [6.45, 7) is 4.45. The third kappa shape index (κ3) is 6.01. The molecular formula is C22H27NO5. The van der Waals surface area contributed by atoms with Crippen molar-refractivity contribution >= 4 is 11.9 Å². The van der Waals surface area contributed by atoms with Gasteiger partial charge in [0.25, 0.3) is 5.91 Å². The number of methoxy groups -OCH3 is 2. The highest BCUT2D eigenvalue weighted by Crippen LogP contribution is 2.27. The molecule has 2 aromatic carbocycles. The molecule has 150 valence electrons. The molecule has 0 fully saturated rings. The maximum absolute atomic E-state index is 12.1. The van der Waals surface area contributed by atoms with E-state index in [1.807, 2.05) is 0 Å². The van der Waals surface area contributed by atoms with Gasteiger partial charge in [0.1, 0.15) is 0 Å². The average Bonchev–Trinajstić information content (AvgIpc) is 2.71. The summed E-state index contributed by atoms with van der Waals surface area (Å²) in [7, 11) is 3.00. The molecule has 6 heteroatoms. The van der Waals surface area contributed by atoms with E-state index in [-0.39, 0.29) is 18.1 Å². The highest BCUT2D eigenvalue weighted by atomic mass is 16.5. The van der Waals surface area contributed by atoms with Gasteiger partial charge in [-0.05, 0) is 41.7 Å². The lowest BCUT2D eigenvalue weighted by molar-refractivity contribution is -0.124. The molecule has 0 aliphatic heterocycles. The Labute approximate surface area is 165 Å². The van der Waals surface area contributed by atoms with E-state index in [4.69, 9.17) is 14.2 Å². The number of ether oxygens (including phenoxy) is 3. The van der Waals surface area contributed by atoms with Crippen molar-refractivity contribution in [2.75, 3.05) is 27.4 Å². The third-order valence-electron chi connectivity index (χ3n) is 4.34. The van der Waals surface area contributed by atoms with Crippen LogP contribution in [0.2, 0.25) is 0 Å². The fourth-order valence-electron chi connectivity index (χ4n) is 2.64. The Hall–Kier alpha value is -3.02. The van der Waals surface area contributed by atoms with Crippen molar-refractivity contribution in [2.24, 2.45) is 0 Å². The zero-order valence-electron chi connectivity index (χ0n) is 16.8. The number of rotatable bonds is 9. The minimum Gasteiger partial charge on any atom is -0.493 e. The molecule has 0 heterocycles. The lowest BCUT2D eigenvalue weighted by atomic mass is 10.0. The summed E-state index contributed by atoms with van der Waals surface area (Å²) in [6.07, 6.45) is 0.716. The molecule has 0 saturated carbocycles. The average molecular weight is 385 g/mol. The summed E-state index contributed by atoms with van der Waals surface area (Å²) < 4.78 is 15.3. The monoisotopic (exact) mass is 385 g/mol. The van der Waals surface area contributed by atoms with Gasteiger partial charge in [0.2, 0.25) is 0 Å². The van der Waals surface area contributed by atoms with E-state index in [0.717, 1.165) is 5.56 Å². The highest BCUT2D eigenvalue weighted by molar-refractivity contribution is 5.92. The molecule has 0 atom stereocenters. The van der Waals surface area contributed by atoms with Crippen molar-refractivity contribution in [1.82, 2.24) is 5.32 Å². The van der Waals surface area contributed by atoms with Crippen LogP contribution in [-0.2, 0) is 16.0 Å². The molecule has 2 rings (SSSR count). The van der Waals surface area contributed by atoms with Gasteiger partial charge < -0.3 is 19.5 Å². The Morgan fingerprint density at radius 1 is 0.964 bits per heavy atom. The van der Waals surface area contributed by atoms with Gasteiger partial charge in [-0.3, -0.25) is 4.79 Å². The molecule has 0 aromatic heterocycles. The van der Waals surface area contributed by atoms with Gasteiger partial charge in [-0.2, -0.15) is 0 Å². The number of esters is 1. The van der Waals surface area contributed by atoms with Crippen LogP contribution in [0, 0.1) is 0 Å². The molecular weight excluding hydrogens is 358 g/mol. The molecule has 6 nitrogen and oxygen atoms in total. The van der Waals surface area contributed by atoms with Gasteiger partial charge in [0.15, 0.2) is 18.1 Å². The Bertz CT molecular complexity index is 799. The molecule has 0 spiro atoms. The summed E-state index contributed by atoms with van der Waals surface area (Å²) in [5, 5.41) is 2.76. The standard InChI is InChI=1S/C22H27NO5/c1-15(2)17-7-5-16(6-8-17)11-12-23-21(24)14-28-22(25)18-9-10-19(26-3)20(13-18)27-4/h5-10,13,15H,11-12,14H2,1-4H3,(H,23,24). The van der Waals surface area contributed by atoms with E-state index in [0.29, 0.717) is 30.4 Å². The number of hydrogen-bond acceptors (Lipinski definition) is 5. The predicted octanol–water partition coefficient (Wildman–Crippen LogP) is 3.34. The number of benzene rings is 2. The normalized spacial score (nSPS) is 10.5. The van der Waals surface area contributed by atoms with Crippen LogP contribution < -0.4 is 14.8 Å². The van der Waals surface area contributed by atoms with Crippen LogP contribution >= 0.6 is 0 Å². The highest BCUT2D eigenvalue weighted by Gasteiger charge is 2.13. The largest absolute Gasteiger partial charge is 0.493 e. The molecule has 0 aliphatic rings. The SMILES string of the molecule is COc1ccc(C(=O)OCC(=O)NCCc2ccc(C(C)C)cc2)cc1OC. The summed E-state index contributed by atoms with van der Waals surface area (Å²) in [4.78, 5) is 24.0. The Balaban J connectivity index is 1.76. The summed E-state index contributed by atoms with van der Waals surface area (Å²) in [5.74, 6) is 0.491. The van der Waals surface area contributed by atoms with E-state index < -0.39 is 5.97 Å². The first-order valence-electron chi connectivity index (χ1n) is 9.19. The van der Waals surface area contributed by atoms with Crippen molar-refractivity contribution in [3.63, 3.8) is 0 Å². The lowest BCUT2D eigenvalue weighted by Crippen LogP contribution is -2.30. The summed E-state index contributed by atoms with van der Waals surface area (Å²) in [5.41, 5.74) is 2.72. The minimum absolute atomic E-state index is 0.288. The van der Waals surface area contributed by atoms with E-state index >= 15 is 0 Å². The summed E-state index contributed by atoms with van der Waals surface area (Å²) >= 11 is 0. The van der Waals surface area contributed by atoms with Crippen molar-refractivity contribution in [1.29, 1.82) is 0 Å². The number of nitrogens with one attached hydrogen (secondary N) is 1. The van der Waals surface area contributed by atoms with Crippen LogP contribution in [0.4, 0.5) is 0 Å². The molecule has 1 N–H and O–H groups in total. The van der Waals surface area contributed by atoms with Crippen molar-refractivity contribution in [3.8, 4) is 11.5 Å². The van der Waals surface area contributed by atoms with Gasteiger partial charge in [-0.15, -0.1) is 0 Å². The molecule has 0 radical (unpaired) electrons. The molecule has 2 aromatic rings. The predicted molar refractivity (Wildman–Crippen MR) is 107 cm³/mol. The van der Waals surface area contributed by atoms with Crippen molar-refractivity contribution in [3.05, 3.63) is 59.2 Å². The zero-order valence-corrected chi connectivity index (χ0v) is 16.8. The zero-order chi connectivity index (χ0) is 20.5. The van der Waals surface area contributed by atoms with Crippen LogP contribution in [0.1, 0.15) is 41.3 Å². The topological polar surface area (TPSA) is 73.9 Å². The van der Waals surface area contributed by atoms with Gasteiger partial charge in [0.05, 0.1) is 19.8 Å². The van der Waals surface area contributed by atoms with Crippen molar-refractivity contribution < 1.29 is 23.8 Å². The van der Waals surface area contributed by atoms with Crippen LogP contribution in [0.5, 0.6) is 11.5 Å². The number of amides is 1. The summed E-state index contributed by atoms with van der Waals surface area (Å²) in [6, 6.07) is 13.0. The fraction of sp³-hybridized carbons (Fsp3) is 0.364. The second-order valence-corrected chi connectivity index (χ2v) is 6.64. The Kier molecular flexibility index (Phi) is 7.87. The van der Waals surface area contributed by atoms with Gasteiger partial charge in [0, 0.05) is 6.54 Å². The van der Waals surface area contributed by atoms with Gasteiger partial charge >= 0.3 is 5.97 Å². The van der Waals surface area contributed by atoms with E-state index in [1.165, 1.54) is 25.8 Å². The minimum atomic E-state index is -0.597. The Morgan fingerprint density at radius 3 is 2.25 bits per heavy atom. The third-order valence-corrected chi connectivity index (χ3v) is 4.34. The van der Waals surface area contributed by atoms with E-state index in [2.05, 4.69) is 43.4 Å². The number of carbonyl (C=O) groups excluding carboxylic acids is 2. The van der Waals surface area contributed by atoms with Crippen LogP contribution in [0.25, 0.3) is 0 Å². The maximum Gasteiger partial charge on any atom is 0.338 e. The smallest absolute Gasteiger partial charge is 0.338 e. The number of carbonyl (C=O) groups is 2. The van der Waals surface area contributed by atoms with Gasteiger partial charge in [-0.1, -0.05) is 38.1 Å². The van der Waals surface area contributed by atoms with Crippen LogP contribution in [-0.4, -0.2) is 39.2 Å². The molecule has 0 aliphatic carbocycles. The molecule has 0 unspecified atom stereocenters. The van der Waals surface area contributed by atoms with E-state index in [9.17, 15) is 9.59 Å². The molecule has 0 saturated heterocycles. The first-order valence-corrected chi connectivity index (χ1v) is 9.19. The van der Waals surface area contributed by atoms with Gasteiger partial charge in [-0.25, -0.2) is 4.79 Å². The van der Waals surface area contributed by atoms with Crippen LogP contribution in [0.3, 0.4) is 0 Å². The fourth-order valence-corrected chi connectivity index (χ4v) is 2.64. The lowest BCUT2D eigenvalue weighted by Gasteiger charge is -2.10. The maximum atomic E-state index is 12.1. The second kappa shape index (κ2) is 10.3. The Morgan fingerprint density at radius 2 is 1.64 bits per heavy atom. The molecule has 28 heavy (non-hydrogen) atoms. The molecule has 0 bridgehead atoms. The van der Waals surface area contributed by atoms with Crippen LogP contribution in [0.15, 0.2) is 42.5 Å². The number of hydrogen-bond donors (Lipinski definition) is 1. The second-order valence-electron chi connectivity index (χ2n) is 6.64.